The minimum atomic E-state index is -3.34. The second kappa shape index (κ2) is 10.2. The number of rotatable bonds is 8. The number of nitrogens with one attached hydrogen (secondary N) is 3. The highest BCUT2D eigenvalue weighted by Gasteiger charge is 2.17. The van der Waals surface area contributed by atoms with E-state index in [9.17, 15) is 18.0 Å². The lowest BCUT2D eigenvalue weighted by Gasteiger charge is -2.15. The van der Waals surface area contributed by atoms with Crippen LogP contribution in [0, 0.1) is 5.92 Å². The molecule has 10 heteroatoms. The van der Waals surface area contributed by atoms with Gasteiger partial charge in [-0.15, -0.1) is 12.4 Å². The zero-order valence-corrected chi connectivity index (χ0v) is 16.0. The highest BCUT2D eigenvalue weighted by atomic mass is 35.5. The SMILES string of the molecule is CCS(=O)(=O)Nc1ccc(NC(=O)CNC(=O)[C@@H](N)C(C)C)cc1.Cl. The van der Waals surface area contributed by atoms with Crippen molar-refractivity contribution in [2.45, 2.75) is 26.8 Å². The molecule has 0 aromatic heterocycles. The number of benzene rings is 1. The minimum absolute atomic E-state index is 0. The van der Waals surface area contributed by atoms with Crippen LogP contribution in [0.15, 0.2) is 24.3 Å². The van der Waals surface area contributed by atoms with Gasteiger partial charge in [0.05, 0.1) is 18.3 Å². The number of halogens is 1. The lowest BCUT2D eigenvalue weighted by Crippen LogP contribution is -2.46. The first kappa shape index (κ1) is 23.2. The second-order valence-corrected chi connectivity index (χ2v) is 7.63. The normalized spacial score (nSPS) is 12.0. The molecule has 5 N–H and O–H groups in total. The van der Waals surface area contributed by atoms with Gasteiger partial charge in [-0.05, 0) is 37.1 Å². The molecule has 0 aliphatic rings. The van der Waals surface area contributed by atoms with E-state index in [2.05, 4.69) is 15.4 Å². The molecule has 0 aliphatic carbocycles. The third-order valence-electron chi connectivity index (χ3n) is 3.27. The van der Waals surface area contributed by atoms with Crippen molar-refractivity contribution in [3.8, 4) is 0 Å². The largest absolute Gasteiger partial charge is 0.346 e. The summed E-state index contributed by atoms with van der Waals surface area (Å²) in [5, 5.41) is 5.06. The summed E-state index contributed by atoms with van der Waals surface area (Å²) in [5.41, 5.74) is 6.57. The summed E-state index contributed by atoms with van der Waals surface area (Å²) >= 11 is 0. The Bertz CT molecular complexity index is 677. The lowest BCUT2D eigenvalue weighted by atomic mass is 10.1. The van der Waals surface area contributed by atoms with Crippen molar-refractivity contribution in [2.75, 3.05) is 22.3 Å². The molecule has 0 radical (unpaired) electrons. The van der Waals surface area contributed by atoms with E-state index in [1.165, 1.54) is 19.1 Å². The molecular weight excluding hydrogens is 368 g/mol. The molecule has 1 aromatic rings. The molecule has 25 heavy (non-hydrogen) atoms. The number of anilines is 2. The summed E-state index contributed by atoms with van der Waals surface area (Å²) in [5.74, 6) is -0.831. The molecule has 1 atom stereocenters. The molecule has 0 aliphatic heterocycles. The molecule has 0 heterocycles. The van der Waals surface area contributed by atoms with Crippen LogP contribution < -0.4 is 21.1 Å². The Morgan fingerprint density at radius 1 is 1.12 bits per heavy atom. The van der Waals surface area contributed by atoms with Crippen LogP contribution in [0.5, 0.6) is 0 Å². The summed E-state index contributed by atoms with van der Waals surface area (Å²) < 4.78 is 25.3. The Kier molecular flexibility index (Phi) is 9.47. The number of carbonyl (C=O) groups is 2. The summed E-state index contributed by atoms with van der Waals surface area (Å²) in [6.45, 7) is 4.98. The molecule has 0 spiro atoms. The van der Waals surface area contributed by atoms with E-state index in [1.807, 2.05) is 13.8 Å². The number of hydrogen-bond acceptors (Lipinski definition) is 5. The number of amides is 2. The molecule has 8 nitrogen and oxygen atoms in total. The van der Waals surface area contributed by atoms with Crippen LogP contribution in [0.3, 0.4) is 0 Å². The Hall–Kier alpha value is -1.84. The molecule has 0 bridgehead atoms. The zero-order valence-electron chi connectivity index (χ0n) is 14.4. The first-order valence-corrected chi connectivity index (χ1v) is 9.23. The smallest absolute Gasteiger partial charge is 0.243 e. The Balaban J connectivity index is 0.00000576. The van der Waals surface area contributed by atoms with Crippen LogP contribution in [0.25, 0.3) is 0 Å². The van der Waals surface area contributed by atoms with E-state index in [0.29, 0.717) is 11.4 Å². The summed E-state index contributed by atoms with van der Waals surface area (Å²) in [6, 6.07) is 5.54. The monoisotopic (exact) mass is 392 g/mol. The zero-order chi connectivity index (χ0) is 18.3. The molecule has 0 saturated heterocycles. The van der Waals surface area contributed by atoms with Crippen molar-refractivity contribution < 1.29 is 18.0 Å². The van der Waals surface area contributed by atoms with Crippen LogP contribution in [-0.2, 0) is 19.6 Å². The van der Waals surface area contributed by atoms with E-state index < -0.39 is 22.0 Å². The van der Waals surface area contributed by atoms with Crippen molar-refractivity contribution in [3.63, 3.8) is 0 Å². The van der Waals surface area contributed by atoms with E-state index in [4.69, 9.17) is 5.73 Å². The van der Waals surface area contributed by atoms with E-state index in [1.54, 1.807) is 12.1 Å². The molecule has 0 saturated carbocycles. The first-order valence-electron chi connectivity index (χ1n) is 7.58. The van der Waals surface area contributed by atoms with Crippen LogP contribution in [0.2, 0.25) is 0 Å². The standard InChI is InChI=1S/C15H24N4O4S.ClH/c1-4-24(22,23)19-12-7-5-11(6-8-12)18-13(20)9-17-15(21)14(16)10(2)3;/h5-8,10,14,19H,4,9,16H2,1-3H3,(H,17,21)(H,18,20);1H/t14-;/m0./s1. The van der Waals surface area contributed by atoms with Crippen molar-refractivity contribution in [2.24, 2.45) is 11.7 Å². The molecule has 1 aromatic carbocycles. The molecule has 142 valence electrons. The van der Waals surface area contributed by atoms with Gasteiger partial charge < -0.3 is 16.4 Å². The predicted octanol–water partition coefficient (Wildman–Crippen LogP) is 0.908. The summed E-state index contributed by atoms with van der Waals surface area (Å²) in [7, 11) is -3.34. The maximum absolute atomic E-state index is 11.8. The van der Waals surface area contributed by atoms with Gasteiger partial charge in [0.25, 0.3) is 0 Å². The maximum atomic E-state index is 11.8. The van der Waals surface area contributed by atoms with E-state index >= 15 is 0 Å². The van der Waals surface area contributed by atoms with Gasteiger partial charge in [0, 0.05) is 11.4 Å². The fourth-order valence-electron chi connectivity index (χ4n) is 1.67. The molecule has 0 unspecified atom stereocenters. The maximum Gasteiger partial charge on any atom is 0.243 e. The summed E-state index contributed by atoms with van der Waals surface area (Å²) in [4.78, 5) is 23.5. The number of hydrogen-bond donors (Lipinski definition) is 4. The second-order valence-electron chi connectivity index (χ2n) is 5.62. The predicted molar refractivity (Wildman–Crippen MR) is 101 cm³/mol. The number of nitrogens with two attached hydrogens (primary N) is 1. The van der Waals surface area contributed by atoms with Crippen molar-refractivity contribution >= 4 is 45.6 Å². The Labute approximate surface area is 154 Å². The van der Waals surface area contributed by atoms with Crippen LogP contribution in [0.4, 0.5) is 11.4 Å². The highest BCUT2D eigenvalue weighted by molar-refractivity contribution is 7.92. The van der Waals surface area contributed by atoms with Crippen molar-refractivity contribution in [1.29, 1.82) is 0 Å². The number of carbonyl (C=O) groups excluding carboxylic acids is 2. The average molecular weight is 393 g/mol. The van der Waals surface area contributed by atoms with Gasteiger partial charge in [0.15, 0.2) is 0 Å². The third kappa shape index (κ3) is 8.19. The molecule has 2 amide bonds. The van der Waals surface area contributed by atoms with Crippen molar-refractivity contribution in [1.82, 2.24) is 5.32 Å². The van der Waals surface area contributed by atoms with Crippen LogP contribution >= 0.6 is 12.4 Å². The van der Waals surface area contributed by atoms with E-state index in [0.717, 1.165) is 0 Å². The summed E-state index contributed by atoms with van der Waals surface area (Å²) in [6.07, 6.45) is 0. The van der Waals surface area contributed by atoms with Gasteiger partial charge in [-0.1, -0.05) is 13.8 Å². The van der Waals surface area contributed by atoms with Gasteiger partial charge in [-0.25, -0.2) is 8.42 Å². The highest BCUT2D eigenvalue weighted by Crippen LogP contribution is 2.14. The Morgan fingerprint density at radius 3 is 2.12 bits per heavy atom. The van der Waals surface area contributed by atoms with Gasteiger partial charge >= 0.3 is 0 Å². The van der Waals surface area contributed by atoms with Gasteiger partial charge in [-0.2, -0.15) is 0 Å². The molecule has 1 rings (SSSR count). The lowest BCUT2D eigenvalue weighted by molar-refractivity contribution is -0.125. The number of sulfonamides is 1. The van der Waals surface area contributed by atoms with Gasteiger partial charge in [0.2, 0.25) is 21.8 Å². The quantitative estimate of drug-likeness (QED) is 0.522. The van der Waals surface area contributed by atoms with Crippen molar-refractivity contribution in [3.05, 3.63) is 24.3 Å². The molecular formula is C15H25ClN4O4S. The van der Waals surface area contributed by atoms with Crippen LogP contribution in [0.1, 0.15) is 20.8 Å². The van der Waals surface area contributed by atoms with Gasteiger partial charge in [-0.3, -0.25) is 14.3 Å². The minimum Gasteiger partial charge on any atom is -0.346 e. The van der Waals surface area contributed by atoms with Gasteiger partial charge in [0.1, 0.15) is 0 Å². The Morgan fingerprint density at radius 2 is 1.64 bits per heavy atom. The fourth-order valence-corrected chi connectivity index (χ4v) is 2.31. The topological polar surface area (TPSA) is 130 Å². The average Bonchev–Trinajstić information content (AvgIpc) is 2.53. The fraction of sp³-hybridized carbons (Fsp3) is 0.467. The first-order chi connectivity index (χ1) is 11.1. The van der Waals surface area contributed by atoms with E-state index in [-0.39, 0.29) is 36.5 Å². The van der Waals surface area contributed by atoms with Crippen LogP contribution in [-0.4, -0.2) is 38.6 Å². The molecule has 0 fully saturated rings. The third-order valence-corrected chi connectivity index (χ3v) is 4.57.